The summed E-state index contributed by atoms with van der Waals surface area (Å²) in [6.45, 7) is 1.31. The Bertz CT molecular complexity index is 528. The third-order valence-corrected chi connectivity index (χ3v) is 2.49. The zero-order valence-electron chi connectivity index (χ0n) is 9.84. The SMILES string of the molecule is NC(=O)c1cccc(CNCc2ccncn2)c1. The molecule has 0 aliphatic rings. The molecule has 2 aromatic rings. The number of primary amides is 1. The van der Waals surface area contributed by atoms with Gasteiger partial charge < -0.3 is 11.1 Å². The van der Waals surface area contributed by atoms with E-state index in [0.717, 1.165) is 11.3 Å². The van der Waals surface area contributed by atoms with Crippen molar-refractivity contribution in [2.45, 2.75) is 13.1 Å². The van der Waals surface area contributed by atoms with Gasteiger partial charge >= 0.3 is 0 Å². The van der Waals surface area contributed by atoms with Gasteiger partial charge in [-0.2, -0.15) is 0 Å². The number of nitrogens with zero attached hydrogens (tertiary/aromatic N) is 2. The van der Waals surface area contributed by atoms with E-state index in [-0.39, 0.29) is 0 Å². The fraction of sp³-hybridized carbons (Fsp3) is 0.154. The zero-order valence-corrected chi connectivity index (χ0v) is 9.84. The summed E-state index contributed by atoms with van der Waals surface area (Å²) in [6, 6.07) is 9.11. The van der Waals surface area contributed by atoms with Gasteiger partial charge in [-0.25, -0.2) is 9.97 Å². The number of rotatable bonds is 5. The maximum Gasteiger partial charge on any atom is 0.248 e. The van der Waals surface area contributed by atoms with Gasteiger partial charge in [-0.1, -0.05) is 12.1 Å². The van der Waals surface area contributed by atoms with Gasteiger partial charge in [0, 0.05) is 24.8 Å². The highest BCUT2D eigenvalue weighted by Gasteiger charge is 2.01. The summed E-state index contributed by atoms with van der Waals surface area (Å²) >= 11 is 0. The molecule has 0 aliphatic carbocycles. The summed E-state index contributed by atoms with van der Waals surface area (Å²) in [5.74, 6) is -0.410. The second-order valence-electron chi connectivity index (χ2n) is 3.87. The predicted molar refractivity (Wildman–Crippen MR) is 67.5 cm³/mol. The average molecular weight is 242 g/mol. The molecular weight excluding hydrogens is 228 g/mol. The first-order chi connectivity index (χ1) is 8.75. The van der Waals surface area contributed by atoms with Crippen LogP contribution in [0.5, 0.6) is 0 Å². The number of carbonyl (C=O) groups excluding carboxylic acids is 1. The van der Waals surface area contributed by atoms with Crippen molar-refractivity contribution < 1.29 is 4.79 Å². The Kier molecular flexibility index (Phi) is 3.98. The highest BCUT2D eigenvalue weighted by atomic mass is 16.1. The molecule has 5 nitrogen and oxygen atoms in total. The van der Waals surface area contributed by atoms with Gasteiger partial charge in [-0.3, -0.25) is 4.79 Å². The number of amides is 1. The molecule has 0 bridgehead atoms. The van der Waals surface area contributed by atoms with Crippen LogP contribution in [0.4, 0.5) is 0 Å². The quantitative estimate of drug-likeness (QED) is 0.815. The maximum atomic E-state index is 11.0. The summed E-state index contributed by atoms with van der Waals surface area (Å²) in [5, 5.41) is 3.24. The van der Waals surface area contributed by atoms with Crippen molar-refractivity contribution in [2.24, 2.45) is 5.73 Å². The fourth-order valence-corrected chi connectivity index (χ4v) is 1.59. The van der Waals surface area contributed by atoms with Crippen LogP contribution in [-0.4, -0.2) is 15.9 Å². The lowest BCUT2D eigenvalue weighted by atomic mass is 10.1. The van der Waals surface area contributed by atoms with Crippen LogP contribution in [0.1, 0.15) is 21.6 Å². The van der Waals surface area contributed by atoms with Crippen molar-refractivity contribution in [1.29, 1.82) is 0 Å². The third kappa shape index (κ3) is 3.36. The lowest BCUT2D eigenvalue weighted by Gasteiger charge is -2.05. The Morgan fingerprint density at radius 2 is 2.17 bits per heavy atom. The van der Waals surface area contributed by atoms with Gasteiger partial charge in [0.15, 0.2) is 0 Å². The minimum absolute atomic E-state index is 0.410. The Hall–Kier alpha value is -2.27. The standard InChI is InChI=1S/C13H14N4O/c14-13(18)11-3-1-2-10(6-11)7-16-8-12-4-5-15-9-17-12/h1-6,9,16H,7-8H2,(H2,14,18). The second kappa shape index (κ2) is 5.88. The van der Waals surface area contributed by atoms with E-state index in [0.29, 0.717) is 18.7 Å². The van der Waals surface area contributed by atoms with E-state index in [4.69, 9.17) is 5.73 Å². The van der Waals surface area contributed by atoms with Crippen LogP contribution in [0.25, 0.3) is 0 Å². The van der Waals surface area contributed by atoms with Gasteiger partial charge in [0.2, 0.25) is 5.91 Å². The molecule has 2 rings (SSSR count). The van der Waals surface area contributed by atoms with Crippen LogP contribution in [0, 0.1) is 0 Å². The number of hydrogen-bond acceptors (Lipinski definition) is 4. The second-order valence-corrected chi connectivity index (χ2v) is 3.87. The monoisotopic (exact) mass is 242 g/mol. The summed E-state index contributed by atoms with van der Waals surface area (Å²) in [5.41, 5.74) is 7.69. The molecule has 0 radical (unpaired) electrons. The van der Waals surface area contributed by atoms with Crippen molar-refractivity contribution in [3.63, 3.8) is 0 Å². The van der Waals surface area contributed by atoms with Crippen molar-refractivity contribution in [3.8, 4) is 0 Å². The first-order valence-corrected chi connectivity index (χ1v) is 5.60. The van der Waals surface area contributed by atoms with Crippen molar-refractivity contribution in [1.82, 2.24) is 15.3 Å². The summed E-state index contributed by atoms with van der Waals surface area (Å²) in [4.78, 5) is 19.0. The van der Waals surface area contributed by atoms with E-state index in [2.05, 4.69) is 15.3 Å². The molecule has 0 spiro atoms. The molecule has 0 saturated carbocycles. The molecule has 5 heteroatoms. The van der Waals surface area contributed by atoms with Crippen LogP contribution < -0.4 is 11.1 Å². The fourth-order valence-electron chi connectivity index (χ4n) is 1.59. The molecule has 1 aromatic carbocycles. The average Bonchev–Trinajstić information content (AvgIpc) is 2.40. The minimum Gasteiger partial charge on any atom is -0.366 e. The summed E-state index contributed by atoms with van der Waals surface area (Å²) in [6.07, 6.45) is 3.22. The Morgan fingerprint density at radius 3 is 2.89 bits per heavy atom. The molecule has 18 heavy (non-hydrogen) atoms. The molecule has 0 atom stereocenters. The van der Waals surface area contributed by atoms with E-state index >= 15 is 0 Å². The molecule has 0 saturated heterocycles. The third-order valence-electron chi connectivity index (χ3n) is 2.49. The van der Waals surface area contributed by atoms with Crippen molar-refractivity contribution in [2.75, 3.05) is 0 Å². The van der Waals surface area contributed by atoms with Gasteiger partial charge in [0.05, 0.1) is 5.69 Å². The molecule has 92 valence electrons. The first-order valence-electron chi connectivity index (χ1n) is 5.60. The van der Waals surface area contributed by atoms with Crippen LogP contribution >= 0.6 is 0 Å². The zero-order chi connectivity index (χ0) is 12.8. The highest BCUT2D eigenvalue weighted by Crippen LogP contribution is 2.04. The Morgan fingerprint density at radius 1 is 1.28 bits per heavy atom. The van der Waals surface area contributed by atoms with Crippen LogP contribution in [-0.2, 0) is 13.1 Å². The van der Waals surface area contributed by atoms with Gasteiger partial charge in [-0.05, 0) is 23.8 Å². The molecule has 0 unspecified atom stereocenters. The largest absolute Gasteiger partial charge is 0.366 e. The number of nitrogens with one attached hydrogen (secondary N) is 1. The number of aromatic nitrogens is 2. The molecule has 3 N–H and O–H groups in total. The predicted octanol–water partition coefficient (Wildman–Crippen LogP) is 0.865. The topological polar surface area (TPSA) is 80.9 Å². The maximum absolute atomic E-state index is 11.0. The van der Waals surface area contributed by atoms with E-state index in [1.54, 1.807) is 18.3 Å². The van der Waals surface area contributed by atoms with Crippen molar-refractivity contribution in [3.05, 3.63) is 59.7 Å². The molecule has 1 heterocycles. The Labute approximate surface area is 105 Å². The van der Waals surface area contributed by atoms with E-state index in [1.807, 2.05) is 18.2 Å². The summed E-state index contributed by atoms with van der Waals surface area (Å²) in [7, 11) is 0. The van der Waals surface area contributed by atoms with E-state index < -0.39 is 5.91 Å². The normalized spacial score (nSPS) is 10.2. The van der Waals surface area contributed by atoms with E-state index in [9.17, 15) is 4.79 Å². The van der Waals surface area contributed by atoms with Crippen LogP contribution in [0.2, 0.25) is 0 Å². The lowest BCUT2D eigenvalue weighted by Crippen LogP contribution is -2.15. The summed E-state index contributed by atoms with van der Waals surface area (Å²) < 4.78 is 0. The number of benzene rings is 1. The van der Waals surface area contributed by atoms with Crippen LogP contribution in [0.3, 0.4) is 0 Å². The lowest BCUT2D eigenvalue weighted by molar-refractivity contribution is 0.1000. The highest BCUT2D eigenvalue weighted by molar-refractivity contribution is 5.92. The number of nitrogens with two attached hydrogens (primary N) is 1. The van der Waals surface area contributed by atoms with Gasteiger partial charge in [0.25, 0.3) is 0 Å². The minimum atomic E-state index is -0.410. The number of carbonyl (C=O) groups is 1. The molecule has 1 amide bonds. The molecule has 0 fully saturated rings. The van der Waals surface area contributed by atoms with Gasteiger partial charge in [-0.15, -0.1) is 0 Å². The van der Waals surface area contributed by atoms with Gasteiger partial charge in [0.1, 0.15) is 6.33 Å². The Balaban J connectivity index is 1.90. The molecule has 1 aromatic heterocycles. The van der Waals surface area contributed by atoms with Crippen molar-refractivity contribution >= 4 is 5.91 Å². The molecular formula is C13H14N4O. The smallest absolute Gasteiger partial charge is 0.248 e. The number of hydrogen-bond donors (Lipinski definition) is 2. The first kappa shape index (κ1) is 12.2. The molecule has 0 aliphatic heterocycles. The van der Waals surface area contributed by atoms with Crippen LogP contribution in [0.15, 0.2) is 42.9 Å². The van der Waals surface area contributed by atoms with E-state index in [1.165, 1.54) is 6.33 Å².